The fourth-order valence-electron chi connectivity index (χ4n) is 1.82. The van der Waals surface area contributed by atoms with Crippen molar-refractivity contribution in [3.8, 4) is 0 Å². The number of benzene rings is 2. The summed E-state index contributed by atoms with van der Waals surface area (Å²) < 4.78 is 13.6. The van der Waals surface area contributed by atoms with Gasteiger partial charge in [-0.3, -0.25) is 14.9 Å². The molecule has 2 N–H and O–H groups in total. The number of carbonyl (C=O) groups is 1. The third-order valence-electron chi connectivity index (χ3n) is 2.91. The third-order valence-corrected chi connectivity index (χ3v) is 3.14. The minimum absolute atomic E-state index is 0.0417. The highest BCUT2D eigenvalue weighted by Gasteiger charge is 2.17. The molecule has 0 heterocycles. The lowest BCUT2D eigenvalue weighted by Crippen LogP contribution is -2.13. The summed E-state index contributed by atoms with van der Waals surface area (Å²) in [7, 11) is 1.53. The first-order valence-corrected chi connectivity index (χ1v) is 6.52. The van der Waals surface area contributed by atoms with E-state index in [1.807, 2.05) is 0 Å². The molecule has 8 heteroatoms. The van der Waals surface area contributed by atoms with Crippen LogP contribution in [-0.2, 0) is 0 Å². The predicted octanol–water partition coefficient (Wildman–Crippen LogP) is 3.68. The van der Waals surface area contributed by atoms with Gasteiger partial charge >= 0.3 is 0 Å². The van der Waals surface area contributed by atoms with E-state index in [2.05, 4.69) is 10.6 Å². The van der Waals surface area contributed by atoms with Crippen LogP contribution in [0.1, 0.15) is 10.4 Å². The largest absolute Gasteiger partial charge is 0.383 e. The summed E-state index contributed by atoms with van der Waals surface area (Å²) in [5.41, 5.74) is 0.0146. The Labute approximate surface area is 130 Å². The van der Waals surface area contributed by atoms with E-state index in [1.165, 1.54) is 31.3 Å². The van der Waals surface area contributed by atoms with Gasteiger partial charge in [0.1, 0.15) is 11.5 Å². The van der Waals surface area contributed by atoms with Gasteiger partial charge < -0.3 is 10.6 Å². The second-order valence-electron chi connectivity index (χ2n) is 4.32. The average Bonchev–Trinajstić information content (AvgIpc) is 2.49. The highest BCUT2D eigenvalue weighted by molar-refractivity contribution is 6.30. The fraction of sp³-hybridized carbons (Fsp3) is 0.0714. The van der Waals surface area contributed by atoms with Crippen molar-refractivity contribution in [2.75, 3.05) is 17.7 Å². The molecule has 22 heavy (non-hydrogen) atoms. The summed E-state index contributed by atoms with van der Waals surface area (Å²) in [6.07, 6.45) is 0. The molecule has 0 radical (unpaired) electrons. The van der Waals surface area contributed by atoms with Crippen molar-refractivity contribution in [2.24, 2.45) is 0 Å². The van der Waals surface area contributed by atoms with E-state index in [1.54, 1.807) is 0 Å². The van der Waals surface area contributed by atoms with Gasteiger partial charge in [-0.25, -0.2) is 4.39 Å². The summed E-state index contributed by atoms with van der Waals surface area (Å²) >= 11 is 5.62. The zero-order valence-electron chi connectivity index (χ0n) is 11.4. The summed E-state index contributed by atoms with van der Waals surface area (Å²) in [6, 6.07) is 7.73. The molecule has 2 rings (SSSR count). The Bertz CT molecular complexity index is 752. The van der Waals surface area contributed by atoms with Crippen molar-refractivity contribution in [3.63, 3.8) is 0 Å². The minimum Gasteiger partial charge on any atom is -0.383 e. The highest BCUT2D eigenvalue weighted by Crippen LogP contribution is 2.26. The normalized spacial score (nSPS) is 10.1. The Morgan fingerprint density at radius 3 is 2.50 bits per heavy atom. The van der Waals surface area contributed by atoms with Gasteiger partial charge in [-0.15, -0.1) is 0 Å². The Morgan fingerprint density at radius 1 is 1.23 bits per heavy atom. The predicted molar refractivity (Wildman–Crippen MR) is 82.0 cm³/mol. The van der Waals surface area contributed by atoms with Gasteiger partial charge in [-0.1, -0.05) is 11.6 Å². The fourth-order valence-corrected chi connectivity index (χ4v) is 1.98. The van der Waals surface area contributed by atoms with E-state index < -0.39 is 16.6 Å². The number of hydrogen-bond acceptors (Lipinski definition) is 4. The molecule has 0 aliphatic rings. The maximum atomic E-state index is 13.6. The molecule has 0 saturated carbocycles. The topological polar surface area (TPSA) is 84.3 Å². The number of halogens is 2. The molecule has 0 aromatic heterocycles. The number of nitrogens with zero attached hydrogens (tertiary/aromatic N) is 1. The second-order valence-corrected chi connectivity index (χ2v) is 4.75. The van der Waals surface area contributed by atoms with Gasteiger partial charge in [0, 0.05) is 23.7 Å². The van der Waals surface area contributed by atoms with Crippen LogP contribution < -0.4 is 10.6 Å². The van der Waals surface area contributed by atoms with Crippen molar-refractivity contribution < 1.29 is 14.1 Å². The number of rotatable bonds is 4. The quantitative estimate of drug-likeness (QED) is 0.664. The number of nitrogens with one attached hydrogen (secondary N) is 2. The lowest BCUT2D eigenvalue weighted by molar-refractivity contribution is -0.384. The average molecular weight is 324 g/mol. The van der Waals surface area contributed by atoms with Crippen molar-refractivity contribution in [2.45, 2.75) is 0 Å². The number of anilines is 2. The molecule has 0 aliphatic carbocycles. The molecule has 114 valence electrons. The number of carbonyl (C=O) groups excluding carboxylic acids is 1. The van der Waals surface area contributed by atoms with Gasteiger partial charge in [0.2, 0.25) is 0 Å². The molecule has 2 aromatic carbocycles. The van der Waals surface area contributed by atoms with E-state index in [9.17, 15) is 19.3 Å². The number of nitro groups is 1. The van der Waals surface area contributed by atoms with Crippen molar-refractivity contribution in [3.05, 3.63) is 62.9 Å². The SMILES string of the molecule is CNc1ccc(C(=O)Nc2ccc(Cl)cc2F)cc1[N+](=O)[O-]. The van der Waals surface area contributed by atoms with E-state index in [-0.39, 0.29) is 27.6 Å². The molecule has 6 nitrogen and oxygen atoms in total. The Morgan fingerprint density at radius 2 is 1.91 bits per heavy atom. The molecule has 0 saturated heterocycles. The van der Waals surface area contributed by atoms with Crippen LogP contribution in [0.15, 0.2) is 36.4 Å². The number of amides is 1. The molecule has 1 amide bonds. The Balaban J connectivity index is 2.30. The van der Waals surface area contributed by atoms with Crippen LogP contribution in [0.5, 0.6) is 0 Å². The lowest BCUT2D eigenvalue weighted by atomic mass is 10.1. The third kappa shape index (κ3) is 3.32. The zero-order chi connectivity index (χ0) is 16.3. The molecule has 0 fully saturated rings. The standard InChI is InChI=1S/C14H11ClFN3O3/c1-17-12-4-2-8(6-13(12)19(21)22)14(20)18-11-5-3-9(15)7-10(11)16/h2-7,17H,1H3,(H,18,20). The summed E-state index contributed by atoms with van der Waals surface area (Å²) in [5.74, 6) is -1.35. The van der Waals surface area contributed by atoms with E-state index >= 15 is 0 Å². The molecule has 0 unspecified atom stereocenters. The molecular formula is C14H11ClFN3O3. The lowest BCUT2D eigenvalue weighted by Gasteiger charge is -2.08. The van der Waals surface area contributed by atoms with Gasteiger partial charge in [0.05, 0.1) is 10.6 Å². The van der Waals surface area contributed by atoms with Crippen molar-refractivity contribution in [1.82, 2.24) is 0 Å². The Hall–Kier alpha value is -2.67. The van der Waals surface area contributed by atoms with Crippen LogP contribution in [0.2, 0.25) is 5.02 Å². The first kappa shape index (κ1) is 15.7. The second kappa shape index (κ2) is 6.40. The van der Waals surface area contributed by atoms with Crippen LogP contribution in [0.4, 0.5) is 21.5 Å². The van der Waals surface area contributed by atoms with Gasteiger partial charge in [0.25, 0.3) is 11.6 Å². The van der Waals surface area contributed by atoms with Gasteiger partial charge in [-0.05, 0) is 30.3 Å². The van der Waals surface area contributed by atoms with E-state index in [0.29, 0.717) is 0 Å². The molecule has 2 aromatic rings. The first-order valence-electron chi connectivity index (χ1n) is 6.15. The van der Waals surface area contributed by atoms with Crippen LogP contribution in [-0.4, -0.2) is 17.9 Å². The first-order chi connectivity index (χ1) is 10.4. The van der Waals surface area contributed by atoms with Crippen LogP contribution in [0.3, 0.4) is 0 Å². The minimum atomic E-state index is -0.692. The highest BCUT2D eigenvalue weighted by atomic mass is 35.5. The van der Waals surface area contributed by atoms with E-state index in [4.69, 9.17) is 11.6 Å². The summed E-state index contributed by atoms with van der Waals surface area (Å²) in [4.78, 5) is 22.4. The van der Waals surface area contributed by atoms with Crippen molar-refractivity contribution in [1.29, 1.82) is 0 Å². The number of nitro benzene ring substituents is 1. The van der Waals surface area contributed by atoms with Gasteiger partial charge in [0.15, 0.2) is 0 Å². The van der Waals surface area contributed by atoms with Gasteiger partial charge in [-0.2, -0.15) is 0 Å². The molecule has 0 atom stereocenters. The molecule has 0 aliphatic heterocycles. The van der Waals surface area contributed by atoms with Crippen LogP contribution in [0.25, 0.3) is 0 Å². The molecule has 0 spiro atoms. The summed E-state index contributed by atoms with van der Waals surface area (Å²) in [6.45, 7) is 0. The number of hydrogen-bond donors (Lipinski definition) is 2. The molecule has 0 bridgehead atoms. The van der Waals surface area contributed by atoms with Crippen molar-refractivity contribution >= 4 is 34.6 Å². The maximum absolute atomic E-state index is 13.6. The van der Waals surface area contributed by atoms with Crippen LogP contribution in [0, 0.1) is 15.9 Å². The molecular weight excluding hydrogens is 313 g/mol. The Kier molecular flexibility index (Phi) is 4.57. The smallest absolute Gasteiger partial charge is 0.293 e. The van der Waals surface area contributed by atoms with Crippen LogP contribution >= 0.6 is 11.6 Å². The van der Waals surface area contributed by atoms with E-state index in [0.717, 1.165) is 12.1 Å². The maximum Gasteiger partial charge on any atom is 0.293 e. The monoisotopic (exact) mass is 323 g/mol. The zero-order valence-corrected chi connectivity index (χ0v) is 12.1. The summed E-state index contributed by atoms with van der Waals surface area (Å²) in [5, 5.41) is 16.2.